The molecule has 0 radical (unpaired) electrons. The summed E-state index contributed by atoms with van der Waals surface area (Å²) in [6.07, 6.45) is -6.75. The number of methoxy groups -OCH3 is 3. The van der Waals surface area contributed by atoms with E-state index in [1.54, 1.807) is 0 Å². The number of carbonyl (C=O) groups excluding carboxylic acids is 3. The second-order valence-electron chi connectivity index (χ2n) is 11.9. The van der Waals surface area contributed by atoms with E-state index in [1.165, 1.54) is 47.3 Å². The Labute approximate surface area is 325 Å². The smallest absolute Gasteiger partial charge is 0.00123 e. The number of aromatic hydroxyl groups is 1. The molecule has 55 heavy (non-hydrogen) atoms. The summed E-state index contributed by atoms with van der Waals surface area (Å²) in [5.74, 6) is -1.94. The molecule has 2 saturated heterocycles. The molecule has 2 heterocycles. The van der Waals surface area contributed by atoms with E-state index in [0.29, 0.717) is 0 Å². The van der Waals surface area contributed by atoms with Crippen LogP contribution in [0.2, 0.25) is 0 Å². The SMILES string of the molecule is COC(=O)c1cc(OCCOCCOCC2O[C@H](OC)[C@H](NC(C)=O)[C@@H](O)[C@H]2O)c(O)c(OCCOCCOC[C@H]2O[C@H](OC)I(NC(C)=O)[C@@H](O)[C@H]2O)c1. The van der Waals surface area contributed by atoms with Gasteiger partial charge in [-0.3, -0.25) is 4.79 Å². The summed E-state index contributed by atoms with van der Waals surface area (Å²) in [5.41, 5.74) is 0.0598. The van der Waals surface area contributed by atoms with E-state index >= 15 is 0 Å². The number of benzene rings is 1. The Morgan fingerprint density at radius 1 is 0.709 bits per heavy atom. The van der Waals surface area contributed by atoms with Gasteiger partial charge in [-0.15, -0.1) is 0 Å². The fourth-order valence-corrected chi connectivity index (χ4v) is 9.75. The number of alkyl halides is 2. The van der Waals surface area contributed by atoms with Crippen molar-refractivity contribution in [2.24, 2.45) is 0 Å². The van der Waals surface area contributed by atoms with Crippen LogP contribution in [-0.2, 0) is 52.2 Å². The second-order valence-corrected chi connectivity index (χ2v) is 16.7. The van der Waals surface area contributed by atoms with Crippen LogP contribution < -0.4 is 18.3 Å². The first-order valence-corrected chi connectivity index (χ1v) is 20.7. The third kappa shape index (κ3) is 14.3. The van der Waals surface area contributed by atoms with Crippen molar-refractivity contribution < 1.29 is 92.0 Å². The summed E-state index contributed by atoms with van der Waals surface area (Å²) in [5, 5.41) is 55.0. The van der Waals surface area contributed by atoms with Crippen molar-refractivity contribution in [2.45, 2.75) is 65.1 Å². The Kier molecular flexibility index (Phi) is 20.5. The van der Waals surface area contributed by atoms with Gasteiger partial charge in [0.05, 0.1) is 39.1 Å². The summed E-state index contributed by atoms with van der Waals surface area (Å²) >= 11 is -2.74. The van der Waals surface area contributed by atoms with Crippen molar-refractivity contribution in [1.82, 2.24) is 8.85 Å². The average molecular weight is 909 g/mol. The Morgan fingerprint density at radius 2 is 1.24 bits per heavy atom. The fourth-order valence-electron chi connectivity index (χ4n) is 5.20. The topological polar surface area (TPSA) is 278 Å². The molecule has 2 amide bonds. The maximum atomic E-state index is 12.3. The largest absolute Gasteiger partial charge is 0.00123 e. The normalized spacial score (nSPS) is 27.3. The number of ether oxygens (including phenoxy) is 11. The van der Waals surface area contributed by atoms with Crippen LogP contribution in [0.1, 0.15) is 24.2 Å². The van der Waals surface area contributed by atoms with Crippen LogP contribution in [0.15, 0.2) is 12.1 Å². The summed E-state index contributed by atoms with van der Waals surface area (Å²) < 4.78 is 60.5. The van der Waals surface area contributed by atoms with Gasteiger partial charge in [0.1, 0.15) is 31.0 Å². The van der Waals surface area contributed by atoms with Crippen molar-refractivity contribution in [3.05, 3.63) is 17.7 Å². The minimum Gasteiger partial charge on any atom is -0.00123 e. The van der Waals surface area contributed by atoms with Crippen LogP contribution in [0.5, 0.6) is 17.2 Å². The van der Waals surface area contributed by atoms with Gasteiger partial charge in [0, 0.05) is 14.0 Å². The number of aliphatic hydroxyl groups is 4. The van der Waals surface area contributed by atoms with E-state index in [9.17, 15) is 39.9 Å². The molecule has 7 N–H and O–H groups in total. The number of hydrogen-bond acceptors (Lipinski definition) is 19. The predicted molar refractivity (Wildman–Crippen MR) is 195 cm³/mol. The van der Waals surface area contributed by atoms with E-state index in [2.05, 4.69) is 8.85 Å². The second kappa shape index (κ2) is 24.1. The van der Waals surface area contributed by atoms with Gasteiger partial charge >= 0.3 is 148 Å². The first kappa shape index (κ1) is 46.7. The van der Waals surface area contributed by atoms with Gasteiger partial charge in [-0.2, -0.15) is 0 Å². The molecule has 22 heteroatoms. The zero-order valence-electron chi connectivity index (χ0n) is 31.3. The van der Waals surface area contributed by atoms with Crippen molar-refractivity contribution in [3.8, 4) is 17.2 Å². The number of esters is 1. The molecule has 1 aromatic carbocycles. The van der Waals surface area contributed by atoms with E-state index in [-0.39, 0.29) is 94.8 Å². The predicted octanol–water partition coefficient (Wildman–Crippen LogP) is -1.83. The molecule has 0 saturated carbocycles. The van der Waals surface area contributed by atoms with Gasteiger partial charge in [0.2, 0.25) is 11.7 Å². The Morgan fingerprint density at radius 3 is 1.73 bits per heavy atom. The van der Waals surface area contributed by atoms with E-state index in [4.69, 9.17) is 52.1 Å². The summed E-state index contributed by atoms with van der Waals surface area (Å²) in [6, 6.07) is 1.63. The first-order valence-electron chi connectivity index (χ1n) is 17.1. The number of carbonyl (C=O) groups is 3. The molecule has 3 rings (SSSR count). The zero-order valence-corrected chi connectivity index (χ0v) is 33.4. The van der Waals surface area contributed by atoms with E-state index < -0.39 is 83.2 Å². The standard InChI is InChI=1S/C33H53IN2O19/c1-18(37)35-25-29(42)27(40)23(54-32(25)46-4)16-50-8-6-48-10-12-52-21-14-20(31(44)45-3)15-22(26(21)39)53-13-11-49-7-9-51-17-24-28(41)30(43)34(36-19(2)38)33(47-5)55-24/h14-15,23-25,27-30,32-33,39-43H,6-13,16-17H2,1-5H3,(H,35,37)(H,36,38)/t23?,24-,25-,27+,28+,29-,30+,32+,33+/m1/s1. The number of amides is 2. The van der Waals surface area contributed by atoms with E-state index in [0.717, 1.165) is 0 Å². The molecule has 2 fully saturated rings. The Hall–Kier alpha value is -2.72. The van der Waals surface area contributed by atoms with Gasteiger partial charge < -0.3 is 49.1 Å². The molecular formula is C33H53IN2O19. The molecule has 1 unspecified atom stereocenters. The van der Waals surface area contributed by atoms with Crippen LogP contribution >= 0.6 is 20.1 Å². The average Bonchev–Trinajstić information content (AvgIpc) is 3.16. The zero-order chi connectivity index (χ0) is 40.5. The monoisotopic (exact) mass is 908 g/mol. The fraction of sp³-hybridized carbons (Fsp3) is 0.727. The van der Waals surface area contributed by atoms with Gasteiger partial charge in [0.25, 0.3) is 0 Å². The van der Waals surface area contributed by atoms with E-state index in [1.807, 2.05) is 0 Å². The summed E-state index contributed by atoms with van der Waals surface area (Å²) in [6.45, 7) is 3.00. The minimum absolute atomic E-state index is 0.0213. The number of hydrogen-bond donors (Lipinski definition) is 7. The third-order valence-corrected chi connectivity index (χ3v) is 13.2. The third-order valence-electron chi connectivity index (χ3n) is 7.85. The Balaban J connectivity index is 1.35. The molecule has 9 atom stereocenters. The maximum absolute atomic E-state index is 12.3. The number of phenolic OH excluding ortho intramolecular Hbond substituents is 1. The van der Waals surface area contributed by atoms with Crippen LogP contribution in [0.4, 0.5) is 0 Å². The maximum Gasteiger partial charge on any atom is -0.00123 e. The Bertz CT molecular complexity index is 1250. The number of halogens is 1. The minimum atomic E-state index is -2.74. The van der Waals surface area contributed by atoms with Crippen LogP contribution in [0.3, 0.4) is 0 Å². The van der Waals surface area contributed by atoms with Crippen molar-refractivity contribution in [2.75, 3.05) is 87.4 Å². The van der Waals surface area contributed by atoms with Crippen molar-refractivity contribution >= 4 is 37.9 Å². The number of rotatable bonds is 23. The molecule has 2 aliphatic heterocycles. The van der Waals surface area contributed by atoms with Crippen LogP contribution in [-0.4, -0.2) is 182 Å². The molecular weight excluding hydrogens is 855 g/mol. The summed E-state index contributed by atoms with van der Waals surface area (Å²) in [4.78, 5) is 35.2. The molecule has 2 aliphatic rings. The molecule has 1 aromatic rings. The summed E-state index contributed by atoms with van der Waals surface area (Å²) in [7, 11) is 3.93. The quantitative estimate of drug-likeness (QED) is 0.0209. The number of phenols is 1. The molecule has 0 spiro atoms. The molecule has 316 valence electrons. The molecule has 21 nitrogen and oxygen atoms in total. The van der Waals surface area contributed by atoms with Crippen molar-refractivity contribution in [3.63, 3.8) is 0 Å². The molecule has 0 aliphatic carbocycles. The molecule has 0 bridgehead atoms. The van der Waals surface area contributed by atoms with Gasteiger partial charge in [0.15, 0.2) is 12.0 Å². The number of nitrogens with one attached hydrogen (secondary N) is 2. The number of aliphatic hydroxyl groups excluding tert-OH is 4. The van der Waals surface area contributed by atoms with Crippen molar-refractivity contribution in [1.29, 1.82) is 0 Å². The first-order chi connectivity index (χ1) is 26.3. The van der Waals surface area contributed by atoms with Gasteiger partial charge in [-0.25, -0.2) is 4.79 Å². The molecule has 0 aromatic heterocycles. The van der Waals surface area contributed by atoms with Crippen LogP contribution in [0.25, 0.3) is 0 Å². The van der Waals surface area contributed by atoms with Gasteiger partial charge in [-0.1, -0.05) is 0 Å². The van der Waals surface area contributed by atoms with Gasteiger partial charge in [-0.05, 0) is 12.1 Å². The van der Waals surface area contributed by atoms with Crippen LogP contribution in [0, 0.1) is 0 Å².